The van der Waals surface area contributed by atoms with Crippen molar-refractivity contribution in [1.29, 1.82) is 0 Å². The number of hydrogen-bond donors (Lipinski definition) is 1. The second-order valence-electron chi connectivity index (χ2n) is 6.50. The van der Waals surface area contributed by atoms with E-state index in [4.69, 9.17) is 4.74 Å². The number of nitrogens with zero attached hydrogens (tertiary/aromatic N) is 1. The highest BCUT2D eigenvalue weighted by Gasteiger charge is 2.20. The number of ether oxygens (including phenoxy) is 1. The number of amides is 1. The first-order valence-electron chi connectivity index (χ1n) is 9.23. The molecule has 3 aromatic rings. The summed E-state index contributed by atoms with van der Waals surface area (Å²) in [5, 5.41) is 3.13. The number of nitrogens with one attached hydrogen (secondary N) is 1. The molecule has 1 heterocycles. The van der Waals surface area contributed by atoms with Gasteiger partial charge in [0.25, 0.3) is 5.91 Å². The third-order valence-corrected chi connectivity index (χ3v) is 5.34. The van der Waals surface area contributed by atoms with Gasteiger partial charge in [0.15, 0.2) is 6.10 Å². The van der Waals surface area contributed by atoms with E-state index in [1.165, 1.54) is 13.0 Å². The molecule has 0 radical (unpaired) electrons. The van der Waals surface area contributed by atoms with Gasteiger partial charge in [-0.05, 0) is 50.5 Å². The lowest BCUT2D eigenvalue weighted by Gasteiger charge is -2.14. The van der Waals surface area contributed by atoms with E-state index < -0.39 is 35.3 Å². The molecule has 1 amide bonds. The van der Waals surface area contributed by atoms with Crippen LogP contribution in [0.1, 0.15) is 31.2 Å². The molecule has 3 rings (SSSR count). The number of rotatable bonds is 8. The van der Waals surface area contributed by atoms with Gasteiger partial charge in [0.1, 0.15) is 17.3 Å². The number of esters is 1. The molecule has 5 nitrogen and oxygen atoms in total. The van der Waals surface area contributed by atoms with Gasteiger partial charge < -0.3 is 10.1 Å². The topological polar surface area (TPSA) is 68.3 Å². The molecule has 0 aliphatic rings. The Balaban J connectivity index is 1.41. The summed E-state index contributed by atoms with van der Waals surface area (Å²) >= 11 is 1.63. The summed E-state index contributed by atoms with van der Waals surface area (Å²) in [7, 11) is 0. The van der Waals surface area contributed by atoms with Gasteiger partial charge in [0.2, 0.25) is 0 Å². The molecule has 0 saturated heterocycles. The third-order valence-electron chi connectivity index (χ3n) is 4.25. The summed E-state index contributed by atoms with van der Waals surface area (Å²) in [6, 6.07) is 11.2. The van der Waals surface area contributed by atoms with Crippen molar-refractivity contribution < 1.29 is 23.1 Å². The Labute approximate surface area is 170 Å². The molecular weight excluding hydrogens is 398 g/mol. The van der Waals surface area contributed by atoms with Crippen LogP contribution in [0.25, 0.3) is 10.2 Å². The number of carbonyl (C=O) groups is 2. The summed E-state index contributed by atoms with van der Waals surface area (Å²) in [5.74, 6) is -3.12. The molecule has 0 spiro atoms. The van der Waals surface area contributed by atoms with Gasteiger partial charge in [0, 0.05) is 6.42 Å². The summed E-state index contributed by atoms with van der Waals surface area (Å²) in [4.78, 5) is 28.5. The minimum Gasteiger partial charge on any atom is -0.453 e. The molecule has 0 aliphatic heterocycles. The van der Waals surface area contributed by atoms with E-state index in [2.05, 4.69) is 10.3 Å². The van der Waals surface area contributed by atoms with Crippen molar-refractivity contribution >= 4 is 39.1 Å². The quantitative estimate of drug-likeness (QED) is 0.419. The minimum absolute atomic E-state index is 0.149. The molecule has 2 aromatic carbocycles. The fourth-order valence-corrected chi connectivity index (χ4v) is 3.73. The number of aryl methyl sites for hydroxylation is 1. The van der Waals surface area contributed by atoms with Gasteiger partial charge in [0.05, 0.1) is 15.2 Å². The lowest BCUT2D eigenvalue weighted by molar-refractivity contribution is -0.153. The van der Waals surface area contributed by atoms with Gasteiger partial charge in [-0.25, -0.2) is 13.8 Å². The van der Waals surface area contributed by atoms with E-state index in [1.807, 2.05) is 24.3 Å². The first-order valence-corrected chi connectivity index (χ1v) is 10.0. The second kappa shape index (κ2) is 9.56. The maximum Gasteiger partial charge on any atom is 0.306 e. The fourth-order valence-electron chi connectivity index (χ4n) is 2.72. The average Bonchev–Trinajstić information content (AvgIpc) is 3.11. The van der Waals surface area contributed by atoms with E-state index in [1.54, 1.807) is 11.3 Å². The van der Waals surface area contributed by atoms with Crippen LogP contribution in [0.5, 0.6) is 0 Å². The summed E-state index contributed by atoms with van der Waals surface area (Å²) < 4.78 is 33.4. The standard InChI is InChI=1S/C21H20F2N2O3S/c1-13(21(27)25-20-14(22)7-6-8-15(20)23)28-19(26)12-5-4-11-18-24-16-9-2-3-10-17(16)29-18/h2-3,6-10,13H,4-5,11-12H2,1H3,(H,25,27)/t13-/m0/s1. The normalized spacial score (nSPS) is 12.0. The Hall–Kier alpha value is -2.87. The Morgan fingerprint density at radius 3 is 2.55 bits per heavy atom. The molecule has 8 heteroatoms. The number of hydrogen-bond acceptors (Lipinski definition) is 5. The smallest absolute Gasteiger partial charge is 0.306 e. The Bertz CT molecular complexity index is 969. The lowest BCUT2D eigenvalue weighted by atomic mass is 10.2. The highest BCUT2D eigenvalue weighted by Crippen LogP contribution is 2.23. The van der Waals surface area contributed by atoms with Gasteiger partial charge in [-0.2, -0.15) is 0 Å². The molecule has 0 saturated carbocycles. The van der Waals surface area contributed by atoms with Crippen molar-refractivity contribution in [3.8, 4) is 0 Å². The maximum atomic E-state index is 13.6. The number of anilines is 1. The van der Waals surface area contributed by atoms with E-state index in [0.717, 1.165) is 40.2 Å². The van der Waals surface area contributed by atoms with Crippen LogP contribution in [0.2, 0.25) is 0 Å². The van der Waals surface area contributed by atoms with Gasteiger partial charge in [-0.1, -0.05) is 18.2 Å². The highest BCUT2D eigenvalue weighted by atomic mass is 32.1. The minimum atomic E-state index is -1.16. The van der Waals surface area contributed by atoms with E-state index in [9.17, 15) is 18.4 Å². The number of aromatic nitrogens is 1. The first kappa shape index (κ1) is 20.9. The average molecular weight is 418 g/mol. The Morgan fingerprint density at radius 1 is 1.10 bits per heavy atom. The molecule has 0 aliphatic carbocycles. The molecule has 0 bridgehead atoms. The maximum absolute atomic E-state index is 13.6. The van der Waals surface area contributed by atoms with E-state index in [-0.39, 0.29) is 6.42 Å². The van der Waals surface area contributed by atoms with Crippen molar-refractivity contribution in [3.63, 3.8) is 0 Å². The second-order valence-corrected chi connectivity index (χ2v) is 7.62. The number of thiazole rings is 1. The zero-order chi connectivity index (χ0) is 20.8. The summed E-state index contributed by atoms with van der Waals surface area (Å²) in [5.41, 5.74) is 0.411. The SMILES string of the molecule is C[C@H](OC(=O)CCCCc1nc2ccccc2s1)C(=O)Nc1c(F)cccc1F. The number of unbranched alkanes of at least 4 members (excludes halogenated alkanes) is 1. The molecule has 0 unspecified atom stereocenters. The van der Waals surface area contributed by atoms with Crippen LogP contribution in [0.4, 0.5) is 14.5 Å². The Morgan fingerprint density at radius 2 is 1.83 bits per heavy atom. The van der Waals surface area contributed by atoms with Gasteiger partial charge >= 0.3 is 5.97 Å². The van der Waals surface area contributed by atoms with Crippen LogP contribution in [0.15, 0.2) is 42.5 Å². The van der Waals surface area contributed by atoms with Crippen LogP contribution in [-0.2, 0) is 20.7 Å². The third kappa shape index (κ3) is 5.57. The first-order chi connectivity index (χ1) is 13.9. The lowest BCUT2D eigenvalue weighted by Crippen LogP contribution is -2.30. The molecule has 152 valence electrons. The van der Waals surface area contributed by atoms with Gasteiger partial charge in [-0.3, -0.25) is 9.59 Å². The monoisotopic (exact) mass is 418 g/mol. The van der Waals surface area contributed by atoms with Crippen LogP contribution in [-0.4, -0.2) is 23.0 Å². The van der Waals surface area contributed by atoms with Crippen LogP contribution < -0.4 is 5.32 Å². The number of benzene rings is 2. The van der Waals surface area contributed by atoms with Crippen molar-refractivity contribution in [1.82, 2.24) is 4.98 Å². The Kier molecular flexibility index (Phi) is 6.87. The zero-order valence-corrected chi connectivity index (χ0v) is 16.6. The van der Waals surface area contributed by atoms with Crippen molar-refractivity contribution in [2.75, 3.05) is 5.32 Å². The molecule has 1 atom stereocenters. The van der Waals surface area contributed by atoms with Crippen molar-refractivity contribution in [2.24, 2.45) is 0 Å². The molecule has 1 aromatic heterocycles. The fraction of sp³-hybridized carbons (Fsp3) is 0.286. The van der Waals surface area contributed by atoms with E-state index in [0.29, 0.717) is 6.42 Å². The molecular formula is C21H20F2N2O3S. The number of carbonyl (C=O) groups excluding carboxylic acids is 2. The van der Waals surface area contributed by atoms with Crippen LogP contribution in [0.3, 0.4) is 0 Å². The van der Waals surface area contributed by atoms with Crippen LogP contribution >= 0.6 is 11.3 Å². The van der Waals surface area contributed by atoms with Crippen LogP contribution in [0, 0.1) is 11.6 Å². The number of para-hydroxylation sites is 2. The van der Waals surface area contributed by atoms with Crippen molar-refractivity contribution in [2.45, 2.75) is 38.7 Å². The molecule has 0 fully saturated rings. The molecule has 29 heavy (non-hydrogen) atoms. The summed E-state index contributed by atoms with van der Waals surface area (Å²) in [6.07, 6.45) is 1.10. The van der Waals surface area contributed by atoms with Gasteiger partial charge in [-0.15, -0.1) is 11.3 Å². The number of halogens is 2. The highest BCUT2D eigenvalue weighted by molar-refractivity contribution is 7.18. The summed E-state index contributed by atoms with van der Waals surface area (Å²) in [6.45, 7) is 1.35. The molecule has 1 N–H and O–H groups in total. The predicted octanol–water partition coefficient (Wildman–Crippen LogP) is 4.86. The number of fused-ring (bicyclic) bond motifs is 1. The van der Waals surface area contributed by atoms with E-state index >= 15 is 0 Å². The largest absolute Gasteiger partial charge is 0.453 e. The van der Waals surface area contributed by atoms with Crippen molar-refractivity contribution in [3.05, 3.63) is 59.1 Å². The zero-order valence-electron chi connectivity index (χ0n) is 15.8. The predicted molar refractivity (Wildman–Crippen MR) is 108 cm³/mol.